The molecule has 0 atom stereocenters. The van der Waals surface area contributed by atoms with Gasteiger partial charge in [0.15, 0.2) is 11.5 Å². The summed E-state index contributed by atoms with van der Waals surface area (Å²) in [6.07, 6.45) is 0. The summed E-state index contributed by atoms with van der Waals surface area (Å²) >= 11 is 0. The van der Waals surface area contributed by atoms with Crippen LogP contribution in [0.2, 0.25) is 0 Å². The van der Waals surface area contributed by atoms with Gasteiger partial charge < -0.3 is 23.7 Å². The third-order valence-corrected chi connectivity index (χ3v) is 3.50. The zero-order chi connectivity index (χ0) is 18.2. The predicted molar refractivity (Wildman–Crippen MR) is 93.1 cm³/mol. The molecule has 0 amide bonds. The minimum Gasteiger partial charge on any atom is -0.493 e. The van der Waals surface area contributed by atoms with E-state index in [1.165, 1.54) is 21.3 Å². The van der Waals surface area contributed by atoms with Crippen molar-refractivity contribution in [2.24, 2.45) is 0 Å². The highest BCUT2D eigenvalue weighted by Crippen LogP contribution is 2.39. The monoisotopic (exact) mass is 346 g/mol. The molecule has 0 saturated carbocycles. The van der Waals surface area contributed by atoms with Gasteiger partial charge in [0.1, 0.15) is 24.5 Å². The Morgan fingerprint density at radius 2 is 1.68 bits per heavy atom. The lowest BCUT2D eigenvalue weighted by Gasteiger charge is -2.15. The van der Waals surface area contributed by atoms with Crippen molar-refractivity contribution in [3.05, 3.63) is 47.5 Å². The predicted octanol–water partition coefficient (Wildman–Crippen LogP) is 3.26. The molecular formula is C19H22O6. The highest BCUT2D eigenvalue weighted by Gasteiger charge is 2.21. The zero-order valence-electron chi connectivity index (χ0n) is 14.8. The largest absolute Gasteiger partial charge is 0.493 e. The van der Waals surface area contributed by atoms with Gasteiger partial charge in [-0.1, -0.05) is 12.1 Å². The molecule has 25 heavy (non-hydrogen) atoms. The highest BCUT2D eigenvalue weighted by atomic mass is 16.6. The number of carbonyl (C=O) groups excluding carboxylic acids is 1. The fraction of sp³-hybridized carbons (Fsp3) is 0.316. The number of hydrogen-bond donors (Lipinski definition) is 0. The average Bonchev–Trinajstić information content (AvgIpc) is 2.63. The molecule has 0 aromatic heterocycles. The van der Waals surface area contributed by atoms with Gasteiger partial charge in [-0.15, -0.1) is 0 Å². The first-order valence-corrected chi connectivity index (χ1v) is 7.76. The molecule has 0 heterocycles. The molecule has 0 aliphatic carbocycles. The van der Waals surface area contributed by atoms with Crippen molar-refractivity contribution >= 4 is 5.97 Å². The second kappa shape index (κ2) is 8.82. The molecule has 2 aromatic carbocycles. The summed E-state index contributed by atoms with van der Waals surface area (Å²) in [5, 5.41) is 0. The van der Waals surface area contributed by atoms with Crippen LogP contribution in [0.15, 0.2) is 36.4 Å². The Morgan fingerprint density at radius 3 is 2.32 bits per heavy atom. The molecule has 0 aliphatic heterocycles. The van der Waals surface area contributed by atoms with Crippen LogP contribution in [0.4, 0.5) is 0 Å². The average molecular weight is 346 g/mol. The molecule has 0 N–H and O–H groups in total. The van der Waals surface area contributed by atoms with Crippen LogP contribution in [0.25, 0.3) is 0 Å². The molecule has 0 unspecified atom stereocenters. The molecular weight excluding hydrogens is 324 g/mol. The lowest BCUT2D eigenvalue weighted by atomic mass is 10.1. The van der Waals surface area contributed by atoms with E-state index in [4.69, 9.17) is 23.7 Å². The lowest BCUT2D eigenvalue weighted by Crippen LogP contribution is -2.13. The molecule has 6 nitrogen and oxygen atoms in total. The number of methoxy groups -OCH3 is 3. The quantitative estimate of drug-likeness (QED) is 0.540. The summed E-state index contributed by atoms with van der Waals surface area (Å²) in [6.45, 7) is 2.35. The standard InChI is InChI=1S/C19H22O6/c1-13-6-5-7-14(12-13)24-10-11-25-19(20)15-8-9-16(21-2)18(23-4)17(15)22-3/h5-9,12H,10-11H2,1-4H3. The van der Waals surface area contributed by atoms with Crippen molar-refractivity contribution < 1.29 is 28.5 Å². The molecule has 2 rings (SSSR count). The van der Waals surface area contributed by atoms with Gasteiger partial charge >= 0.3 is 5.97 Å². The second-order valence-corrected chi connectivity index (χ2v) is 5.18. The second-order valence-electron chi connectivity index (χ2n) is 5.18. The first-order chi connectivity index (χ1) is 12.1. The fourth-order valence-electron chi connectivity index (χ4n) is 2.34. The normalized spacial score (nSPS) is 10.1. The van der Waals surface area contributed by atoms with Gasteiger partial charge in [0.05, 0.1) is 21.3 Å². The number of esters is 1. The highest BCUT2D eigenvalue weighted by molar-refractivity contribution is 5.94. The van der Waals surface area contributed by atoms with Gasteiger partial charge in [0.25, 0.3) is 0 Å². The van der Waals surface area contributed by atoms with Gasteiger partial charge in [-0.2, -0.15) is 0 Å². The van der Waals surface area contributed by atoms with Crippen molar-refractivity contribution in [1.29, 1.82) is 0 Å². The SMILES string of the molecule is COc1ccc(C(=O)OCCOc2cccc(C)c2)c(OC)c1OC. The Hall–Kier alpha value is -2.89. The van der Waals surface area contributed by atoms with Crippen LogP contribution in [0.1, 0.15) is 15.9 Å². The van der Waals surface area contributed by atoms with Crippen molar-refractivity contribution in [2.45, 2.75) is 6.92 Å². The Bertz CT molecular complexity index is 726. The molecule has 0 bridgehead atoms. The summed E-state index contributed by atoms with van der Waals surface area (Å²) in [4.78, 5) is 12.3. The molecule has 0 spiro atoms. The minimum atomic E-state index is -0.523. The Labute approximate surface area is 147 Å². The molecule has 0 fully saturated rings. The molecule has 0 saturated heterocycles. The van der Waals surface area contributed by atoms with Crippen molar-refractivity contribution in [2.75, 3.05) is 34.5 Å². The van der Waals surface area contributed by atoms with Crippen molar-refractivity contribution in [3.63, 3.8) is 0 Å². The van der Waals surface area contributed by atoms with Crippen LogP contribution in [-0.4, -0.2) is 40.5 Å². The maximum atomic E-state index is 12.3. The first-order valence-electron chi connectivity index (χ1n) is 7.76. The molecule has 6 heteroatoms. The lowest BCUT2D eigenvalue weighted by molar-refractivity contribution is 0.0446. The van der Waals surface area contributed by atoms with Crippen LogP contribution < -0.4 is 18.9 Å². The van der Waals surface area contributed by atoms with E-state index in [0.717, 1.165) is 11.3 Å². The summed E-state index contributed by atoms with van der Waals surface area (Å²) in [5.41, 5.74) is 1.36. The summed E-state index contributed by atoms with van der Waals surface area (Å²) in [6, 6.07) is 10.9. The smallest absolute Gasteiger partial charge is 0.342 e. The van der Waals surface area contributed by atoms with Crippen LogP contribution in [-0.2, 0) is 4.74 Å². The van der Waals surface area contributed by atoms with Crippen molar-refractivity contribution in [1.82, 2.24) is 0 Å². The van der Waals surface area contributed by atoms with E-state index in [2.05, 4.69) is 0 Å². The van der Waals surface area contributed by atoms with Crippen LogP contribution in [0.5, 0.6) is 23.0 Å². The minimum absolute atomic E-state index is 0.115. The Kier molecular flexibility index (Phi) is 6.51. The number of rotatable bonds is 8. The van der Waals surface area contributed by atoms with E-state index in [9.17, 15) is 4.79 Å². The number of ether oxygens (including phenoxy) is 5. The summed E-state index contributed by atoms with van der Waals surface area (Å²) in [7, 11) is 4.44. The Balaban J connectivity index is 1.98. The van der Waals surface area contributed by atoms with Crippen LogP contribution in [0, 0.1) is 6.92 Å². The topological polar surface area (TPSA) is 63.2 Å². The number of benzene rings is 2. The first kappa shape index (κ1) is 18.4. The third-order valence-electron chi connectivity index (χ3n) is 3.50. The van der Waals surface area contributed by atoms with Gasteiger partial charge in [-0.3, -0.25) is 0 Å². The number of hydrogen-bond acceptors (Lipinski definition) is 6. The fourth-order valence-corrected chi connectivity index (χ4v) is 2.34. The van der Waals surface area contributed by atoms with E-state index in [1.54, 1.807) is 12.1 Å². The summed E-state index contributed by atoms with van der Waals surface area (Å²) in [5.74, 6) is 1.30. The maximum absolute atomic E-state index is 12.3. The molecule has 0 radical (unpaired) electrons. The van der Waals surface area contributed by atoms with E-state index in [0.29, 0.717) is 11.5 Å². The Morgan fingerprint density at radius 1 is 0.920 bits per heavy atom. The summed E-state index contributed by atoms with van der Waals surface area (Å²) < 4.78 is 26.6. The number of aryl methyl sites for hydroxylation is 1. The van der Waals surface area contributed by atoms with Gasteiger partial charge in [-0.05, 0) is 36.8 Å². The van der Waals surface area contributed by atoms with Crippen molar-refractivity contribution in [3.8, 4) is 23.0 Å². The third kappa shape index (κ3) is 4.56. The molecule has 2 aromatic rings. The number of carbonyl (C=O) groups is 1. The van der Waals surface area contributed by atoms with Crippen LogP contribution >= 0.6 is 0 Å². The zero-order valence-corrected chi connectivity index (χ0v) is 14.8. The van der Waals surface area contributed by atoms with E-state index in [1.807, 2.05) is 31.2 Å². The van der Waals surface area contributed by atoms with Gasteiger partial charge in [0.2, 0.25) is 5.75 Å². The molecule has 0 aliphatic rings. The van der Waals surface area contributed by atoms with E-state index >= 15 is 0 Å². The van der Waals surface area contributed by atoms with Gasteiger partial charge in [0, 0.05) is 0 Å². The van der Waals surface area contributed by atoms with E-state index in [-0.39, 0.29) is 24.5 Å². The molecule has 134 valence electrons. The van der Waals surface area contributed by atoms with E-state index < -0.39 is 5.97 Å². The van der Waals surface area contributed by atoms with Gasteiger partial charge in [-0.25, -0.2) is 4.79 Å². The van der Waals surface area contributed by atoms with Crippen LogP contribution in [0.3, 0.4) is 0 Å². The maximum Gasteiger partial charge on any atom is 0.342 e.